The largest absolute Gasteiger partial charge is 0.475 e. The molecule has 2 aromatic carbocycles. The molecule has 3 aromatic rings. The number of sulfonamides is 1. The second kappa shape index (κ2) is 12.0. The van der Waals surface area contributed by atoms with Crippen LogP contribution in [-0.4, -0.2) is 61.1 Å². The zero-order valence-corrected chi connectivity index (χ0v) is 25.8. The molecule has 0 spiro atoms. The molecule has 10 heteroatoms. The molecule has 3 heterocycles. The molecule has 2 atom stereocenters. The van der Waals surface area contributed by atoms with Gasteiger partial charge in [0.2, 0.25) is 11.8 Å². The van der Waals surface area contributed by atoms with Gasteiger partial charge in [0.1, 0.15) is 6.61 Å². The van der Waals surface area contributed by atoms with Crippen molar-refractivity contribution >= 4 is 21.9 Å². The second-order valence-electron chi connectivity index (χ2n) is 12.5. The zero-order valence-electron chi connectivity index (χ0n) is 25.0. The first-order valence-electron chi connectivity index (χ1n) is 14.5. The van der Waals surface area contributed by atoms with Crippen molar-refractivity contribution in [2.45, 2.75) is 77.3 Å². The first-order valence-corrected chi connectivity index (χ1v) is 16.0. The van der Waals surface area contributed by atoms with E-state index in [4.69, 9.17) is 9.47 Å². The summed E-state index contributed by atoms with van der Waals surface area (Å²) in [7, 11) is -4.11. The van der Waals surface area contributed by atoms with Crippen molar-refractivity contribution in [1.29, 1.82) is 0 Å². The van der Waals surface area contributed by atoms with Gasteiger partial charge >= 0.3 is 0 Å². The van der Waals surface area contributed by atoms with Crippen LogP contribution < -0.4 is 9.46 Å². The summed E-state index contributed by atoms with van der Waals surface area (Å²) >= 11 is 0. The van der Waals surface area contributed by atoms with Crippen LogP contribution in [0.4, 0.5) is 5.95 Å². The van der Waals surface area contributed by atoms with E-state index in [1.54, 1.807) is 18.2 Å². The highest BCUT2D eigenvalue weighted by Gasteiger charge is 2.33. The molecule has 224 valence electrons. The molecular formula is C32H40N4O5S. The van der Waals surface area contributed by atoms with Gasteiger partial charge in [0, 0.05) is 30.3 Å². The number of aromatic nitrogens is 2. The number of amides is 1. The van der Waals surface area contributed by atoms with Gasteiger partial charge in [-0.05, 0) is 74.3 Å². The Hall–Kier alpha value is -3.50. The van der Waals surface area contributed by atoms with Crippen molar-refractivity contribution in [1.82, 2.24) is 14.9 Å². The zero-order chi connectivity index (χ0) is 30.1. The summed E-state index contributed by atoms with van der Waals surface area (Å²) in [5.74, 6) is -0.125. The minimum Gasteiger partial charge on any atom is -0.475 e. The number of rotatable bonds is 4. The highest BCUT2D eigenvalue weighted by molar-refractivity contribution is 7.92. The summed E-state index contributed by atoms with van der Waals surface area (Å²) in [6, 6.07) is 13.5. The van der Waals surface area contributed by atoms with Crippen molar-refractivity contribution in [3.05, 3.63) is 65.2 Å². The van der Waals surface area contributed by atoms with Crippen molar-refractivity contribution < 1.29 is 22.7 Å². The third kappa shape index (κ3) is 6.93. The maximum Gasteiger partial charge on any atom is 0.264 e. The minimum atomic E-state index is -4.11. The van der Waals surface area contributed by atoms with Gasteiger partial charge in [-0.1, -0.05) is 45.0 Å². The number of anilines is 1. The molecule has 9 nitrogen and oxygen atoms in total. The number of carbonyl (C=O) groups is 1. The summed E-state index contributed by atoms with van der Waals surface area (Å²) in [4.78, 5) is 25.0. The van der Waals surface area contributed by atoms with Gasteiger partial charge in [0.05, 0.1) is 22.7 Å². The predicted octanol–water partition coefficient (Wildman–Crippen LogP) is 5.77. The van der Waals surface area contributed by atoms with Gasteiger partial charge in [-0.15, -0.1) is 0 Å². The Bertz CT molecular complexity index is 1540. The lowest BCUT2D eigenvalue weighted by Gasteiger charge is -2.38. The quantitative estimate of drug-likeness (QED) is 0.410. The first kappa shape index (κ1) is 30.0. The molecule has 2 aliphatic heterocycles. The van der Waals surface area contributed by atoms with Crippen LogP contribution >= 0.6 is 0 Å². The fourth-order valence-electron chi connectivity index (χ4n) is 5.75. The third-order valence-electron chi connectivity index (χ3n) is 7.70. The number of ether oxygens (including phenoxy) is 2. The fourth-order valence-corrected chi connectivity index (χ4v) is 6.74. The Balaban J connectivity index is 1.65. The number of nitrogens with zero attached hydrogens (tertiary/aromatic N) is 3. The van der Waals surface area contributed by atoms with E-state index in [1.165, 1.54) is 12.1 Å². The minimum absolute atomic E-state index is 0.0441. The maximum atomic E-state index is 14.2. The second-order valence-corrected chi connectivity index (χ2v) is 14.2. The van der Waals surface area contributed by atoms with Gasteiger partial charge < -0.3 is 14.4 Å². The lowest BCUT2D eigenvalue weighted by Crippen LogP contribution is -2.49. The summed E-state index contributed by atoms with van der Waals surface area (Å²) in [5, 5.41) is 0. The number of carbonyl (C=O) groups excluding carboxylic acids is 1. The average Bonchev–Trinajstić information content (AvgIpc) is 2.93. The molecule has 0 radical (unpaired) electrons. The monoisotopic (exact) mass is 592 g/mol. The van der Waals surface area contributed by atoms with E-state index in [2.05, 4.69) is 35.5 Å². The Morgan fingerprint density at radius 2 is 1.76 bits per heavy atom. The molecule has 1 amide bonds. The van der Waals surface area contributed by atoms with Crippen LogP contribution in [0.25, 0.3) is 11.3 Å². The number of aryl methyl sites for hydroxylation is 2. The first-order chi connectivity index (χ1) is 19.9. The van der Waals surface area contributed by atoms with Crippen LogP contribution in [-0.2, 0) is 14.8 Å². The molecule has 2 aliphatic rings. The van der Waals surface area contributed by atoms with E-state index in [-0.39, 0.29) is 52.4 Å². The molecule has 0 aliphatic carbocycles. The maximum absolute atomic E-state index is 14.2. The Labute approximate surface area is 248 Å². The van der Waals surface area contributed by atoms with Crippen LogP contribution in [0, 0.1) is 19.3 Å². The van der Waals surface area contributed by atoms with Crippen LogP contribution in [0.2, 0.25) is 0 Å². The van der Waals surface area contributed by atoms with E-state index in [0.717, 1.165) is 36.0 Å². The molecule has 1 N–H and O–H groups in total. The Morgan fingerprint density at radius 1 is 1.02 bits per heavy atom. The van der Waals surface area contributed by atoms with E-state index in [0.29, 0.717) is 25.3 Å². The fraction of sp³-hybridized carbons (Fsp3) is 0.469. The Morgan fingerprint density at radius 3 is 2.45 bits per heavy atom. The van der Waals surface area contributed by atoms with Gasteiger partial charge in [0.15, 0.2) is 0 Å². The van der Waals surface area contributed by atoms with Gasteiger partial charge in [-0.3, -0.25) is 4.79 Å². The van der Waals surface area contributed by atoms with Crippen LogP contribution in [0.15, 0.2) is 53.4 Å². The average molecular weight is 593 g/mol. The molecular weight excluding hydrogens is 552 g/mol. The summed E-state index contributed by atoms with van der Waals surface area (Å²) in [6.07, 6.45) is 3.46. The summed E-state index contributed by atoms with van der Waals surface area (Å²) < 4.78 is 42.0. The van der Waals surface area contributed by atoms with E-state index < -0.39 is 10.0 Å². The van der Waals surface area contributed by atoms with Gasteiger partial charge in [0.25, 0.3) is 15.9 Å². The molecule has 1 unspecified atom stereocenters. The SMILES string of the molecule is Cc1cccc(C)c1-c1cc2nc(n1)NS(=O)(=O)c1cccc(c1)C(=O)N(CC1CCCCO1)[C@H](CC(C)(C)C)CO2. The Kier molecular flexibility index (Phi) is 8.57. The van der Waals surface area contributed by atoms with Gasteiger partial charge in [-0.2, -0.15) is 4.98 Å². The number of hydrogen-bond donors (Lipinski definition) is 1. The number of fused-ring (bicyclic) bond motifs is 4. The van der Waals surface area contributed by atoms with Crippen LogP contribution in [0.3, 0.4) is 0 Å². The predicted molar refractivity (Wildman–Crippen MR) is 162 cm³/mol. The topological polar surface area (TPSA) is 111 Å². The number of hydrogen-bond acceptors (Lipinski definition) is 7. The van der Waals surface area contributed by atoms with Crippen LogP contribution in [0.1, 0.15) is 67.9 Å². The molecule has 1 saturated heterocycles. The van der Waals surface area contributed by atoms with Crippen LogP contribution in [0.5, 0.6) is 5.88 Å². The number of nitrogens with one attached hydrogen (secondary N) is 1. The molecule has 0 saturated carbocycles. The third-order valence-corrected chi connectivity index (χ3v) is 9.03. The molecule has 1 aromatic heterocycles. The molecule has 4 bridgehead atoms. The van der Waals surface area contributed by atoms with E-state index in [9.17, 15) is 13.2 Å². The normalized spacial score (nSPS) is 20.9. The summed E-state index contributed by atoms with van der Waals surface area (Å²) in [5.41, 5.74) is 3.58. The van der Waals surface area contributed by atoms with Crippen molar-refractivity contribution in [2.24, 2.45) is 5.41 Å². The van der Waals surface area contributed by atoms with E-state index in [1.807, 2.05) is 36.9 Å². The lowest BCUT2D eigenvalue weighted by molar-refractivity contribution is -0.0176. The van der Waals surface area contributed by atoms with Gasteiger partial charge in [-0.25, -0.2) is 18.1 Å². The highest BCUT2D eigenvalue weighted by atomic mass is 32.2. The van der Waals surface area contributed by atoms with E-state index >= 15 is 0 Å². The smallest absolute Gasteiger partial charge is 0.264 e. The summed E-state index contributed by atoms with van der Waals surface area (Å²) in [6.45, 7) is 11.6. The highest BCUT2D eigenvalue weighted by Crippen LogP contribution is 2.31. The lowest BCUT2D eigenvalue weighted by atomic mass is 9.87. The van der Waals surface area contributed by atoms with Crippen molar-refractivity contribution in [2.75, 3.05) is 24.5 Å². The molecule has 42 heavy (non-hydrogen) atoms. The van der Waals surface area contributed by atoms with Crippen molar-refractivity contribution in [3.63, 3.8) is 0 Å². The number of benzene rings is 2. The standard InChI is InChI=1S/C32H40N4O5S/c1-21-10-8-11-22(2)29(21)27-17-28-34-31(33-27)35-42(38,39)26-14-9-12-23(16-26)30(37)36(19-25-13-6-7-15-40-25)24(20-41-28)18-32(3,4)5/h8-12,14,16-17,24-25H,6-7,13,15,18-20H2,1-5H3,(H,33,34,35)/t24-,25?/m1/s1. The molecule has 5 rings (SSSR count). The molecule has 1 fully saturated rings. The van der Waals surface area contributed by atoms with Crippen molar-refractivity contribution in [3.8, 4) is 17.1 Å².